The number of nitrogens with zero attached hydrogens (tertiary/aromatic N) is 2. The van der Waals surface area contributed by atoms with Gasteiger partial charge in [0.15, 0.2) is 24.3 Å². The second-order valence-electron chi connectivity index (χ2n) is 22.9. The Hall–Kier alpha value is -5.96. The third-order valence-corrected chi connectivity index (χ3v) is 10.1. The Bertz CT molecular complexity index is 2140. The van der Waals surface area contributed by atoms with E-state index in [2.05, 4.69) is 6.58 Å². The summed E-state index contributed by atoms with van der Waals surface area (Å²) in [5, 5.41) is 0. The maximum Gasteiger partial charge on any atom is 0.420 e. The lowest BCUT2D eigenvalue weighted by molar-refractivity contribution is -0.162. The van der Waals surface area contributed by atoms with Gasteiger partial charge in [0.05, 0.1) is 33.0 Å². The van der Waals surface area contributed by atoms with E-state index < -0.39 is 107 Å². The number of imide groups is 2. The molecule has 2 aliphatic rings. The molecule has 2 heterocycles. The first-order chi connectivity index (χ1) is 35.1. The molecule has 0 spiro atoms. The quantitative estimate of drug-likeness (QED) is 0.110. The molecule has 0 bridgehead atoms. The van der Waals surface area contributed by atoms with Gasteiger partial charge in [-0.1, -0.05) is 62.4 Å². The summed E-state index contributed by atoms with van der Waals surface area (Å²) in [6, 6.07) is 15.2. The second-order valence-corrected chi connectivity index (χ2v) is 22.9. The van der Waals surface area contributed by atoms with Gasteiger partial charge < -0.3 is 56.8 Å². The molecule has 4 amide bonds. The molecule has 426 valence electrons. The summed E-state index contributed by atoms with van der Waals surface area (Å²) >= 11 is 0. The van der Waals surface area contributed by atoms with Crippen LogP contribution in [0, 0.1) is 5.92 Å². The van der Waals surface area contributed by atoms with Crippen molar-refractivity contribution in [1.29, 1.82) is 0 Å². The first-order valence-electron chi connectivity index (χ1n) is 25.5. The SMILES string of the molecule is C=C(C)CO[C@H]1COC[C@H](N(C(=O)OC(C)(C)C)C(=O)OC(C)(C)C)C(=O)O[C@@H](C)[C@@H]1Oc1ccccc1.CC(C)CO[C@H]1COC[C@H](N(C(=O)OC(C)(C)C)C(=O)OC(C)(C)C)C(=O)O[C@@H](C)[C@@H]1Oc1ccccc1. The Balaban J connectivity index is 0.000000400. The molecule has 2 saturated heterocycles. The summed E-state index contributed by atoms with van der Waals surface area (Å²) in [4.78, 5) is 80.6. The summed E-state index contributed by atoms with van der Waals surface area (Å²) in [5.41, 5.74) is -2.96. The lowest BCUT2D eigenvalue weighted by Crippen LogP contribution is -2.54. The maximum absolute atomic E-state index is 13.4. The zero-order valence-electron chi connectivity index (χ0n) is 47.7. The molecule has 0 unspecified atom stereocenters. The van der Waals surface area contributed by atoms with Gasteiger partial charge in [-0.2, -0.15) is 9.80 Å². The number of carbonyl (C=O) groups is 6. The number of benzene rings is 2. The highest BCUT2D eigenvalue weighted by Gasteiger charge is 2.47. The molecule has 0 N–H and O–H groups in total. The van der Waals surface area contributed by atoms with Crippen LogP contribution in [0.2, 0.25) is 0 Å². The lowest BCUT2D eigenvalue weighted by atomic mass is 10.1. The highest BCUT2D eigenvalue weighted by Crippen LogP contribution is 2.27. The molecule has 2 aliphatic heterocycles. The van der Waals surface area contributed by atoms with Crippen molar-refractivity contribution >= 4 is 36.3 Å². The normalized spacial score (nSPS) is 22.8. The van der Waals surface area contributed by atoms with E-state index in [0.29, 0.717) is 27.9 Å². The third kappa shape index (κ3) is 22.7. The monoisotopic (exact) mass is 1070 g/mol. The van der Waals surface area contributed by atoms with Gasteiger partial charge in [0.2, 0.25) is 0 Å². The zero-order valence-corrected chi connectivity index (χ0v) is 47.7. The minimum absolute atomic E-state index is 0.0151. The van der Waals surface area contributed by atoms with Crippen molar-refractivity contribution in [2.24, 2.45) is 5.92 Å². The molecule has 0 aromatic heterocycles. The molecule has 2 aromatic carbocycles. The van der Waals surface area contributed by atoms with Crippen LogP contribution in [-0.4, -0.2) is 157 Å². The molecule has 20 nitrogen and oxygen atoms in total. The summed E-state index contributed by atoms with van der Waals surface area (Å²) in [7, 11) is 0. The van der Waals surface area contributed by atoms with E-state index in [4.69, 9.17) is 56.8 Å². The number of amides is 4. The second kappa shape index (κ2) is 28.4. The van der Waals surface area contributed by atoms with Crippen molar-refractivity contribution in [3.05, 3.63) is 72.8 Å². The lowest BCUT2D eigenvalue weighted by Gasteiger charge is -2.33. The van der Waals surface area contributed by atoms with Gasteiger partial charge in [-0.25, -0.2) is 28.8 Å². The number of para-hydroxylation sites is 2. The van der Waals surface area contributed by atoms with Crippen LogP contribution in [0.4, 0.5) is 19.2 Å². The number of carbonyl (C=O) groups excluding carboxylic acids is 6. The van der Waals surface area contributed by atoms with Crippen LogP contribution in [0.3, 0.4) is 0 Å². The van der Waals surface area contributed by atoms with Crippen molar-refractivity contribution in [2.45, 2.75) is 189 Å². The van der Waals surface area contributed by atoms with Gasteiger partial charge in [0.25, 0.3) is 0 Å². The Kier molecular flexibility index (Phi) is 24.1. The van der Waals surface area contributed by atoms with Gasteiger partial charge in [-0.05, 0) is 134 Å². The van der Waals surface area contributed by atoms with Crippen molar-refractivity contribution in [2.75, 3.05) is 39.6 Å². The van der Waals surface area contributed by atoms with Crippen LogP contribution in [0.15, 0.2) is 72.8 Å². The molecular formula is C56H84N2O18. The predicted octanol–water partition coefficient (Wildman–Crippen LogP) is 9.88. The molecule has 8 atom stereocenters. The number of ether oxygens (including phenoxy) is 12. The number of cyclic esters (lactones) is 2. The van der Waals surface area contributed by atoms with Gasteiger partial charge in [0.1, 0.15) is 58.3 Å². The average molecular weight is 1070 g/mol. The number of rotatable bonds is 12. The van der Waals surface area contributed by atoms with Crippen LogP contribution in [0.1, 0.15) is 118 Å². The van der Waals surface area contributed by atoms with Crippen LogP contribution < -0.4 is 9.47 Å². The van der Waals surface area contributed by atoms with E-state index in [9.17, 15) is 28.8 Å². The largest absolute Gasteiger partial charge is 0.484 e. The Labute approximate surface area is 449 Å². The van der Waals surface area contributed by atoms with Crippen molar-refractivity contribution in [1.82, 2.24) is 9.80 Å². The topological polar surface area (TPSA) is 220 Å². The fourth-order valence-corrected chi connectivity index (χ4v) is 6.95. The number of hydrogen-bond acceptors (Lipinski definition) is 18. The Morgan fingerprint density at radius 3 is 1.16 bits per heavy atom. The van der Waals surface area contributed by atoms with Gasteiger partial charge in [-0.3, -0.25) is 0 Å². The highest BCUT2D eigenvalue weighted by atomic mass is 16.6. The van der Waals surface area contributed by atoms with E-state index in [0.717, 1.165) is 5.57 Å². The zero-order chi connectivity index (χ0) is 57.3. The number of esters is 2. The number of hydrogen-bond donors (Lipinski definition) is 0. The molecular weight excluding hydrogens is 989 g/mol. The molecule has 2 aromatic rings. The van der Waals surface area contributed by atoms with E-state index in [1.807, 2.05) is 57.2 Å². The molecule has 2 fully saturated rings. The van der Waals surface area contributed by atoms with Crippen LogP contribution in [0.5, 0.6) is 11.5 Å². The summed E-state index contributed by atoms with van der Waals surface area (Å²) < 4.78 is 69.4. The minimum atomic E-state index is -1.47. The van der Waals surface area contributed by atoms with E-state index in [1.165, 1.54) is 0 Å². The fraction of sp³-hybridized carbons (Fsp3) is 0.643. The van der Waals surface area contributed by atoms with Crippen LogP contribution in [0.25, 0.3) is 0 Å². The minimum Gasteiger partial charge on any atom is -0.484 e. The van der Waals surface area contributed by atoms with E-state index in [-0.39, 0.29) is 39.0 Å². The van der Waals surface area contributed by atoms with Gasteiger partial charge in [0, 0.05) is 6.61 Å². The standard InChI is InChI=1S/C28H43NO9.C28H41NO9/c2*1-18(2)15-34-22-17-33-16-21(24(30)35-19(3)23(22)36-20-13-11-10-12-14-20)29(25(31)37-27(4,5)6)26(32)38-28(7,8)9/h10-14,18-19,21-23H,15-17H2,1-9H3;10-14,19,21-23H,1,15-17H2,2-9H3/t2*19-,21-,22-,23-/m00/s1. The maximum atomic E-state index is 13.4. The summed E-state index contributed by atoms with van der Waals surface area (Å²) in [6.45, 7) is 32.8. The first kappa shape index (κ1) is 64.3. The van der Waals surface area contributed by atoms with Gasteiger partial charge >= 0.3 is 36.3 Å². The summed E-state index contributed by atoms with van der Waals surface area (Å²) in [6.07, 6.45) is -8.63. The molecule has 20 heteroatoms. The van der Waals surface area contributed by atoms with Crippen molar-refractivity contribution < 1.29 is 85.6 Å². The molecule has 0 radical (unpaired) electrons. The van der Waals surface area contributed by atoms with Crippen LogP contribution in [-0.2, 0) is 57.0 Å². The average Bonchev–Trinajstić information content (AvgIpc) is 3.35. The van der Waals surface area contributed by atoms with Crippen molar-refractivity contribution in [3.63, 3.8) is 0 Å². The molecule has 0 saturated carbocycles. The predicted molar refractivity (Wildman–Crippen MR) is 280 cm³/mol. The Morgan fingerprint density at radius 2 is 0.868 bits per heavy atom. The summed E-state index contributed by atoms with van der Waals surface area (Å²) in [5.74, 6) is -0.389. The Morgan fingerprint density at radius 1 is 0.553 bits per heavy atom. The van der Waals surface area contributed by atoms with Crippen LogP contribution >= 0.6 is 0 Å². The highest BCUT2D eigenvalue weighted by molar-refractivity contribution is 5.95. The fourth-order valence-electron chi connectivity index (χ4n) is 6.95. The molecule has 0 aliphatic carbocycles. The smallest absolute Gasteiger partial charge is 0.420 e. The van der Waals surface area contributed by atoms with Crippen molar-refractivity contribution in [3.8, 4) is 11.5 Å². The third-order valence-electron chi connectivity index (χ3n) is 10.1. The molecule has 76 heavy (non-hydrogen) atoms. The van der Waals surface area contributed by atoms with E-state index in [1.54, 1.807) is 121 Å². The molecule has 4 rings (SSSR count). The first-order valence-corrected chi connectivity index (χ1v) is 25.5. The van der Waals surface area contributed by atoms with E-state index >= 15 is 0 Å². The van der Waals surface area contributed by atoms with Gasteiger partial charge in [-0.15, -0.1) is 0 Å².